The molecule has 0 saturated carbocycles. The van der Waals surface area contributed by atoms with Gasteiger partial charge in [-0.15, -0.1) is 35.7 Å². The van der Waals surface area contributed by atoms with Gasteiger partial charge in [-0.05, 0) is 56.8 Å². The molecule has 27 heavy (non-hydrogen) atoms. The van der Waals surface area contributed by atoms with Crippen LogP contribution in [0.25, 0.3) is 0 Å². The van der Waals surface area contributed by atoms with Gasteiger partial charge in [-0.1, -0.05) is 25.1 Å². The molecule has 0 aromatic heterocycles. The molecule has 2 unspecified atom stereocenters. The first kappa shape index (κ1) is 22.8. The topological polar surface area (TPSA) is 30.9 Å². The molecule has 152 valence electrons. The maximum Gasteiger partial charge on any atom is 0.193 e. The normalized spacial score (nSPS) is 23.5. The van der Waals surface area contributed by atoms with Crippen LogP contribution in [-0.2, 0) is 0 Å². The zero-order valence-electron chi connectivity index (χ0n) is 16.8. The first-order valence-electron chi connectivity index (χ1n) is 10.2. The molecule has 6 heteroatoms. The molecule has 1 aromatic rings. The highest BCUT2D eigenvalue weighted by Crippen LogP contribution is 2.26. The third kappa shape index (κ3) is 7.13. The molecule has 0 radical (unpaired) electrons. The monoisotopic (exact) mass is 502 g/mol. The summed E-state index contributed by atoms with van der Waals surface area (Å²) in [6, 6.07) is 10.8. The van der Waals surface area contributed by atoms with Crippen LogP contribution >= 0.6 is 35.7 Å². The van der Waals surface area contributed by atoms with E-state index in [0.717, 1.165) is 44.0 Å². The average molecular weight is 503 g/mol. The molecule has 0 aliphatic carbocycles. The predicted molar refractivity (Wildman–Crippen MR) is 128 cm³/mol. The maximum atomic E-state index is 5.00. The van der Waals surface area contributed by atoms with Crippen molar-refractivity contribution in [2.75, 3.05) is 51.6 Å². The lowest BCUT2D eigenvalue weighted by molar-refractivity contribution is 0.343. The lowest BCUT2D eigenvalue weighted by atomic mass is 10.1. The number of aliphatic imine (C=N–C) groups is 1. The largest absolute Gasteiger partial charge is 0.357 e. The molecule has 1 N–H and O–H groups in total. The van der Waals surface area contributed by atoms with Gasteiger partial charge < -0.3 is 15.1 Å². The van der Waals surface area contributed by atoms with Gasteiger partial charge in [0.1, 0.15) is 0 Å². The molecule has 3 rings (SSSR count). The number of halogens is 1. The minimum atomic E-state index is 0. The van der Waals surface area contributed by atoms with Crippen LogP contribution in [0.1, 0.15) is 26.7 Å². The van der Waals surface area contributed by atoms with Crippen LogP contribution in [-0.4, -0.2) is 67.3 Å². The van der Waals surface area contributed by atoms with Gasteiger partial charge in [-0.25, -0.2) is 0 Å². The Balaban J connectivity index is 0.00000261. The third-order valence-electron chi connectivity index (χ3n) is 5.47. The number of nitrogens with zero attached hydrogens (tertiary/aromatic N) is 3. The second-order valence-corrected chi connectivity index (χ2v) is 8.56. The Labute approximate surface area is 186 Å². The highest BCUT2D eigenvalue weighted by atomic mass is 127. The van der Waals surface area contributed by atoms with E-state index in [0.29, 0.717) is 0 Å². The number of hydrogen-bond donors (Lipinski definition) is 1. The standard InChI is InChI=1S/C21H34N4S.HI/c1-3-22-21(23-14-18-10-12-24(4-2)15-18)25-13-11-19(16-25)17-26-20-8-6-5-7-9-20;/h5-9,18-19H,3-4,10-17H2,1-2H3,(H,22,23);1H. The van der Waals surface area contributed by atoms with Crippen LogP contribution in [0.3, 0.4) is 0 Å². The van der Waals surface area contributed by atoms with Crippen molar-refractivity contribution in [3.05, 3.63) is 30.3 Å². The maximum absolute atomic E-state index is 5.00. The summed E-state index contributed by atoms with van der Waals surface area (Å²) in [4.78, 5) is 11.4. The fraction of sp³-hybridized carbons (Fsp3) is 0.667. The molecule has 2 aliphatic rings. The fourth-order valence-electron chi connectivity index (χ4n) is 3.88. The van der Waals surface area contributed by atoms with Crippen molar-refractivity contribution in [2.45, 2.75) is 31.6 Å². The SMILES string of the molecule is CCNC(=NCC1CCN(CC)C1)N1CCC(CSc2ccccc2)C1.I. The summed E-state index contributed by atoms with van der Waals surface area (Å²) in [5.41, 5.74) is 0. The van der Waals surface area contributed by atoms with E-state index in [1.165, 1.54) is 43.1 Å². The van der Waals surface area contributed by atoms with Gasteiger partial charge in [-0.2, -0.15) is 0 Å². The van der Waals surface area contributed by atoms with E-state index < -0.39 is 0 Å². The van der Waals surface area contributed by atoms with E-state index in [-0.39, 0.29) is 24.0 Å². The summed E-state index contributed by atoms with van der Waals surface area (Å²) in [6.07, 6.45) is 2.57. The van der Waals surface area contributed by atoms with Crippen molar-refractivity contribution in [3.63, 3.8) is 0 Å². The summed E-state index contributed by atoms with van der Waals surface area (Å²) in [6.45, 7) is 12.3. The highest BCUT2D eigenvalue weighted by Gasteiger charge is 2.26. The summed E-state index contributed by atoms with van der Waals surface area (Å²) in [5.74, 6) is 3.82. The lowest BCUT2D eigenvalue weighted by Gasteiger charge is -2.22. The van der Waals surface area contributed by atoms with Crippen molar-refractivity contribution in [1.82, 2.24) is 15.1 Å². The molecule has 0 bridgehead atoms. The summed E-state index contributed by atoms with van der Waals surface area (Å²) in [7, 11) is 0. The number of thioether (sulfide) groups is 1. The van der Waals surface area contributed by atoms with E-state index in [2.05, 4.69) is 59.3 Å². The lowest BCUT2D eigenvalue weighted by Crippen LogP contribution is -2.40. The van der Waals surface area contributed by atoms with Gasteiger partial charge in [0.25, 0.3) is 0 Å². The third-order valence-corrected chi connectivity index (χ3v) is 6.71. The molecule has 2 saturated heterocycles. The van der Waals surface area contributed by atoms with Crippen LogP contribution in [0.15, 0.2) is 40.2 Å². The van der Waals surface area contributed by atoms with Crippen molar-refractivity contribution in [1.29, 1.82) is 0 Å². The molecule has 2 atom stereocenters. The van der Waals surface area contributed by atoms with Crippen LogP contribution in [0.5, 0.6) is 0 Å². The predicted octanol–water partition coefficient (Wildman–Crippen LogP) is 4.03. The minimum absolute atomic E-state index is 0. The number of guanidine groups is 1. The van der Waals surface area contributed by atoms with E-state index in [9.17, 15) is 0 Å². The Morgan fingerprint density at radius 3 is 2.59 bits per heavy atom. The zero-order valence-corrected chi connectivity index (χ0v) is 19.9. The average Bonchev–Trinajstić information content (AvgIpc) is 3.33. The van der Waals surface area contributed by atoms with E-state index in [4.69, 9.17) is 4.99 Å². The summed E-state index contributed by atoms with van der Waals surface area (Å²) < 4.78 is 0. The van der Waals surface area contributed by atoms with Gasteiger partial charge in [0.2, 0.25) is 0 Å². The number of nitrogens with one attached hydrogen (secondary N) is 1. The van der Waals surface area contributed by atoms with Gasteiger partial charge in [0, 0.05) is 43.4 Å². The highest BCUT2D eigenvalue weighted by molar-refractivity contribution is 14.0. The van der Waals surface area contributed by atoms with E-state index >= 15 is 0 Å². The molecule has 2 aliphatic heterocycles. The smallest absolute Gasteiger partial charge is 0.193 e. The van der Waals surface area contributed by atoms with Crippen molar-refractivity contribution >= 4 is 41.7 Å². The van der Waals surface area contributed by atoms with Gasteiger partial charge in [0.15, 0.2) is 5.96 Å². The molecular weight excluding hydrogens is 467 g/mol. The van der Waals surface area contributed by atoms with Gasteiger partial charge in [-0.3, -0.25) is 4.99 Å². The Morgan fingerprint density at radius 2 is 1.89 bits per heavy atom. The van der Waals surface area contributed by atoms with Crippen molar-refractivity contribution < 1.29 is 0 Å². The second-order valence-electron chi connectivity index (χ2n) is 7.47. The van der Waals surface area contributed by atoms with Crippen molar-refractivity contribution in [3.8, 4) is 0 Å². The number of rotatable bonds is 7. The summed E-state index contributed by atoms with van der Waals surface area (Å²) >= 11 is 1.99. The van der Waals surface area contributed by atoms with Gasteiger partial charge in [0.05, 0.1) is 0 Å². The van der Waals surface area contributed by atoms with Crippen LogP contribution in [0, 0.1) is 11.8 Å². The number of hydrogen-bond acceptors (Lipinski definition) is 3. The Hall–Kier alpha value is -0.470. The summed E-state index contributed by atoms with van der Waals surface area (Å²) in [5, 5.41) is 3.52. The van der Waals surface area contributed by atoms with Crippen LogP contribution in [0.4, 0.5) is 0 Å². The zero-order chi connectivity index (χ0) is 18.2. The molecular formula is C21H35IN4S. The Bertz CT molecular complexity index is 569. The molecule has 0 amide bonds. The van der Waals surface area contributed by atoms with Crippen LogP contribution in [0.2, 0.25) is 0 Å². The first-order valence-corrected chi connectivity index (χ1v) is 11.2. The van der Waals surface area contributed by atoms with E-state index in [1.807, 2.05) is 11.8 Å². The first-order chi connectivity index (χ1) is 12.8. The molecule has 1 aromatic carbocycles. The number of benzene rings is 1. The second kappa shape index (κ2) is 12.2. The fourth-order valence-corrected chi connectivity index (χ4v) is 4.93. The van der Waals surface area contributed by atoms with Crippen molar-refractivity contribution in [2.24, 2.45) is 16.8 Å². The Morgan fingerprint density at radius 1 is 1.11 bits per heavy atom. The van der Waals surface area contributed by atoms with Crippen LogP contribution < -0.4 is 5.32 Å². The molecule has 4 nitrogen and oxygen atoms in total. The van der Waals surface area contributed by atoms with Gasteiger partial charge >= 0.3 is 0 Å². The quantitative estimate of drug-likeness (QED) is 0.264. The molecule has 2 fully saturated rings. The molecule has 2 heterocycles. The van der Waals surface area contributed by atoms with E-state index in [1.54, 1.807) is 0 Å². The number of likely N-dealkylation sites (tertiary alicyclic amines) is 2. The Kier molecular flexibility index (Phi) is 10.3. The minimum Gasteiger partial charge on any atom is -0.357 e. The molecule has 0 spiro atoms.